The number of methoxy groups -OCH3 is 2. The molecule has 6 heteroatoms. The molecule has 0 saturated heterocycles. The Balaban J connectivity index is 1.63. The summed E-state index contributed by atoms with van der Waals surface area (Å²) in [5, 5.41) is 2.78. The number of carbonyl (C=O) groups is 1. The number of benzene rings is 2. The summed E-state index contributed by atoms with van der Waals surface area (Å²) < 4.78 is 15.8. The third-order valence-corrected chi connectivity index (χ3v) is 3.69. The largest absolute Gasteiger partial charge is 0.497 e. The molecule has 128 valence electrons. The molecule has 0 unspecified atom stereocenters. The number of aromatic nitrogens is 1. The number of ether oxygens (including phenoxy) is 2. The van der Waals surface area contributed by atoms with Gasteiger partial charge in [-0.15, -0.1) is 0 Å². The number of hydrogen-bond donors (Lipinski definition) is 1. The van der Waals surface area contributed by atoms with Gasteiger partial charge in [-0.2, -0.15) is 0 Å². The van der Waals surface area contributed by atoms with Crippen LogP contribution in [0.4, 0.5) is 0 Å². The highest BCUT2D eigenvalue weighted by Crippen LogP contribution is 2.23. The highest BCUT2D eigenvalue weighted by Gasteiger charge is 2.14. The Bertz CT molecular complexity index is 839. The van der Waals surface area contributed by atoms with Crippen LogP contribution in [0.2, 0.25) is 0 Å². The van der Waals surface area contributed by atoms with E-state index in [1.165, 1.54) is 6.20 Å². The second-order valence-electron chi connectivity index (χ2n) is 5.29. The molecular formula is C19H18N2O4. The van der Waals surface area contributed by atoms with Gasteiger partial charge in [-0.25, -0.2) is 4.98 Å². The van der Waals surface area contributed by atoms with Gasteiger partial charge in [0.1, 0.15) is 11.5 Å². The first-order valence-corrected chi connectivity index (χ1v) is 7.71. The highest BCUT2D eigenvalue weighted by molar-refractivity contribution is 5.89. The van der Waals surface area contributed by atoms with Crippen LogP contribution in [0.25, 0.3) is 11.3 Å². The fourth-order valence-corrected chi connectivity index (χ4v) is 2.27. The SMILES string of the molecule is COc1ccc(CNC(=O)c2ncc(-c3ccc(OC)cc3)o2)cc1. The minimum atomic E-state index is -0.365. The molecule has 3 aromatic rings. The maximum atomic E-state index is 12.2. The van der Waals surface area contributed by atoms with Crippen molar-refractivity contribution in [3.8, 4) is 22.8 Å². The van der Waals surface area contributed by atoms with Crippen molar-refractivity contribution in [2.75, 3.05) is 14.2 Å². The second-order valence-corrected chi connectivity index (χ2v) is 5.29. The molecule has 1 aromatic heterocycles. The van der Waals surface area contributed by atoms with Gasteiger partial charge in [0.2, 0.25) is 0 Å². The molecular weight excluding hydrogens is 320 g/mol. The van der Waals surface area contributed by atoms with Gasteiger partial charge in [-0.3, -0.25) is 4.79 Å². The Morgan fingerprint density at radius 3 is 2.20 bits per heavy atom. The van der Waals surface area contributed by atoms with Crippen LogP contribution in [0.3, 0.4) is 0 Å². The van der Waals surface area contributed by atoms with Crippen LogP contribution in [0.15, 0.2) is 59.1 Å². The van der Waals surface area contributed by atoms with Crippen molar-refractivity contribution in [3.63, 3.8) is 0 Å². The summed E-state index contributed by atoms with van der Waals surface area (Å²) in [4.78, 5) is 16.2. The van der Waals surface area contributed by atoms with Crippen molar-refractivity contribution in [1.82, 2.24) is 10.3 Å². The van der Waals surface area contributed by atoms with Gasteiger partial charge in [0.15, 0.2) is 5.76 Å². The third-order valence-electron chi connectivity index (χ3n) is 3.69. The van der Waals surface area contributed by atoms with Gasteiger partial charge in [-0.05, 0) is 42.0 Å². The summed E-state index contributed by atoms with van der Waals surface area (Å²) in [6.07, 6.45) is 1.53. The normalized spacial score (nSPS) is 10.3. The first-order chi connectivity index (χ1) is 12.2. The van der Waals surface area contributed by atoms with E-state index < -0.39 is 0 Å². The number of rotatable bonds is 6. The van der Waals surface area contributed by atoms with E-state index in [1.807, 2.05) is 48.5 Å². The van der Waals surface area contributed by atoms with Crippen LogP contribution in [0.1, 0.15) is 16.2 Å². The molecule has 0 saturated carbocycles. The molecule has 6 nitrogen and oxygen atoms in total. The number of hydrogen-bond acceptors (Lipinski definition) is 5. The average Bonchev–Trinajstić information content (AvgIpc) is 3.17. The summed E-state index contributed by atoms with van der Waals surface area (Å²) in [6, 6.07) is 14.8. The molecule has 0 bridgehead atoms. The molecule has 0 spiro atoms. The van der Waals surface area contributed by atoms with E-state index in [0.717, 1.165) is 22.6 Å². The summed E-state index contributed by atoms with van der Waals surface area (Å²) in [6.45, 7) is 0.378. The molecule has 3 rings (SSSR count). The second kappa shape index (κ2) is 7.53. The van der Waals surface area contributed by atoms with Crippen molar-refractivity contribution in [3.05, 3.63) is 66.2 Å². The molecule has 1 heterocycles. The quantitative estimate of drug-likeness (QED) is 0.746. The lowest BCUT2D eigenvalue weighted by Crippen LogP contribution is -2.22. The number of carbonyl (C=O) groups excluding carboxylic acids is 1. The first-order valence-electron chi connectivity index (χ1n) is 7.71. The monoisotopic (exact) mass is 338 g/mol. The van der Waals surface area contributed by atoms with Crippen LogP contribution in [-0.4, -0.2) is 25.1 Å². The fourth-order valence-electron chi connectivity index (χ4n) is 2.27. The molecule has 0 aliphatic carbocycles. The Kier molecular flexibility index (Phi) is 4.99. The zero-order valence-electron chi connectivity index (χ0n) is 14.0. The van der Waals surface area contributed by atoms with E-state index in [4.69, 9.17) is 13.9 Å². The standard InChI is InChI=1S/C19H18N2O4/c1-23-15-7-3-13(4-8-15)11-20-18(22)19-21-12-17(25-19)14-5-9-16(24-2)10-6-14/h3-10,12H,11H2,1-2H3,(H,20,22). The van der Waals surface area contributed by atoms with E-state index in [9.17, 15) is 4.79 Å². The number of nitrogens with zero attached hydrogens (tertiary/aromatic N) is 1. The Labute approximate surface area is 145 Å². The maximum absolute atomic E-state index is 12.2. The number of nitrogens with one attached hydrogen (secondary N) is 1. The zero-order chi connectivity index (χ0) is 17.6. The minimum absolute atomic E-state index is 0.0272. The van der Waals surface area contributed by atoms with Gasteiger partial charge < -0.3 is 19.2 Å². The molecule has 0 radical (unpaired) electrons. The predicted octanol–water partition coefficient (Wildman–Crippen LogP) is 3.29. The Morgan fingerprint density at radius 1 is 1.00 bits per heavy atom. The van der Waals surface area contributed by atoms with Crippen LogP contribution in [0.5, 0.6) is 11.5 Å². The molecule has 25 heavy (non-hydrogen) atoms. The van der Waals surface area contributed by atoms with E-state index in [2.05, 4.69) is 10.3 Å². The van der Waals surface area contributed by atoms with Crippen LogP contribution >= 0.6 is 0 Å². The van der Waals surface area contributed by atoms with Crippen LogP contribution in [0, 0.1) is 0 Å². The van der Waals surface area contributed by atoms with E-state index in [-0.39, 0.29) is 11.8 Å². The summed E-state index contributed by atoms with van der Waals surface area (Å²) in [5.41, 5.74) is 1.78. The van der Waals surface area contributed by atoms with Gasteiger partial charge in [0, 0.05) is 12.1 Å². The van der Waals surface area contributed by atoms with Gasteiger partial charge >= 0.3 is 5.91 Å². The molecule has 0 aliphatic heterocycles. The van der Waals surface area contributed by atoms with Gasteiger partial charge in [-0.1, -0.05) is 12.1 Å². The van der Waals surface area contributed by atoms with Crippen LogP contribution in [-0.2, 0) is 6.54 Å². The lowest BCUT2D eigenvalue weighted by atomic mass is 10.2. The van der Waals surface area contributed by atoms with Crippen molar-refractivity contribution in [2.24, 2.45) is 0 Å². The smallest absolute Gasteiger partial charge is 0.307 e. The van der Waals surface area contributed by atoms with Crippen molar-refractivity contribution in [2.45, 2.75) is 6.54 Å². The van der Waals surface area contributed by atoms with Crippen molar-refractivity contribution < 1.29 is 18.7 Å². The number of oxazole rings is 1. The van der Waals surface area contributed by atoms with E-state index >= 15 is 0 Å². The lowest BCUT2D eigenvalue weighted by Gasteiger charge is -2.04. The molecule has 1 N–H and O–H groups in total. The lowest BCUT2D eigenvalue weighted by molar-refractivity contribution is 0.0917. The summed E-state index contributed by atoms with van der Waals surface area (Å²) >= 11 is 0. The highest BCUT2D eigenvalue weighted by atomic mass is 16.5. The first kappa shape index (κ1) is 16.6. The minimum Gasteiger partial charge on any atom is -0.497 e. The summed E-state index contributed by atoms with van der Waals surface area (Å²) in [5.74, 6) is 1.71. The predicted molar refractivity (Wildman–Crippen MR) is 92.7 cm³/mol. The van der Waals surface area contributed by atoms with Crippen molar-refractivity contribution in [1.29, 1.82) is 0 Å². The molecule has 0 fully saturated rings. The molecule has 0 atom stereocenters. The fraction of sp³-hybridized carbons (Fsp3) is 0.158. The van der Waals surface area contributed by atoms with Crippen LogP contribution < -0.4 is 14.8 Å². The Hall–Kier alpha value is -3.28. The van der Waals surface area contributed by atoms with E-state index in [1.54, 1.807) is 14.2 Å². The maximum Gasteiger partial charge on any atom is 0.307 e. The molecule has 0 aliphatic rings. The van der Waals surface area contributed by atoms with Gasteiger partial charge in [0.25, 0.3) is 5.89 Å². The Morgan fingerprint density at radius 2 is 1.60 bits per heavy atom. The summed E-state index contributed by atoms with van der Waals surface area (Å²) in [7, 11) is 3.22. The average molecular weight is 338 g/mol. The van der Waals surface area contributed by atoms with Crippen molar-refractivity contribution >= 4 is 5.91 Å². The van der Waals surface area contributed by atoms with E-state index in [0.29, 0.717) is 12.3 Å². The number of amides is 1. The topological polar surface area (TPSA) is 73.6 Å². The molecule has 1 amide bonds. The third kappa shape index (κ3) is 3.98. The zero-order valence-corrected chi connectivity index (χ0v) is 14.0. The molecule has 2 aromatic carbocycles. The van der Waals surface area contributed by atoms with Gasteiger partial charge in [0.05, 0.1) is 20.4 Å².